The van der Waals surface area contributed by atoms with Crippen molar-refractivity contribution in [2.75, 3.05) is 32.7 Å². The fraction of sp³-hybridized carbons (Fsp3) is 0.304. The summed E-state index contributed by atoms with van der Waals surface area (Å²) in [7, 11) is 0.433. The first-order chi connectivity index (χ1) is 15.0. The van der Waals surface area contributed by atoms with Crippen molar-refractivity contribution in [1.29, 1.82) is 0 Å². The molecule has 0 unspecified atom stereocenters. The number of benzene rings is 2. The van der Waals surface area contributed by atoms with Gasteiger partial charge in [0.2, 0.25) is 0 Å². The molecule has 4 rings (SSSR count). The standard InChI is InChI=1S/C23H24N2O6S/c1-23(2)16-8-6-7-9-17(16)24(3)21(23)10-14(26)13-25-22(27)15-11-18(30-4)19(31-5)12-20(15)32(25,28)29/h6-12H,13H2,1-5H3/b21-10+. The van der Waals surface area contributed by atoms with Gasteiger partial charge in [-0.25, -0.2) is 12.7 Å². The minimum absolute atomic E-state index is 0.0474. The number of amides is 1. The van der Waals surface area contributed by atoms with E-state index in [4.69, 9.17) is 9.47 Å². The van der Waals surface area contributed by atoms with Gasteiger partial charge in [-0.15, -0.1) is 0 Å². The second-order valence-electron chi connectivity index (χ2n) is 8.22. The average molecular weight is 457 g/mol. The minimum atomic E-state index is -4.19. The van der Waals surface area contributed by atoms with Crippen LogP contribution in [0.3, 0.4) is 0 Å². The topological polar surface area (TPSA) is 93.2 Å². The van der Waals surface area contributed by atoms with Crippen LogP contribution in [-0.4, -0.2) is 52.2 Å². The van der Waals surface area contributed by atoms with E-state index in [1.807, 2.05) is 50.1 Å². The molecule has 8 nitrogen and oxygen atoms in total. The van der Waals surface area contributed by atoms with Crippen LogP contribution in [0, 0.1) is 0 Å². The Balaban J connectivity index is 1.67. The van der Waals surface area contributed by atoms with Crippen LogP contribution in [0.2, 0.25) is 0 Å². The zero-order chi connectivity index (χ0) is 23.4. The minimum Gasteiger partial charge on any atom is -0.493 e. The normalized spacial score (nSPS) is 19.2. The number of ketones is 1. The van der Waals surface area contributed by atoms with Crippen molar-refractivity contribution in [1.82, 2.24) is 4.31 Å². The highest BCUT2D eigenvalue weighted by atomic mass is 32.2. The average Bonchev–Trinajstić information content (AvgIpc) is 3.07. The molecule has 0 aromatic heterocycles. The Hall–Kier alpha value is -3.33. The van der Waals surface area contributed by atoms with Gasteiger partial charge in [0.25, 0.3) is 15.9 Å². The molecule has 32 heavy (non-hydrogen) atoms. The number of carbonyl (C=O) groups excluding carboxylic acids is 2. The van der Waals surface area contributed by atoms with Gasteiger partial charge in [-0.3, -0.25) is 9.59 Å². The summed E-state index contributed by atoms with van der Waals surface area (Å²) in [5.41, 5.74) is 2.28. The summed E-state index contributed by atoms with van der Waals surface area (Å²) in [4.78, 5) is 27.6. The third-order valence-corrected chi connectivity index (χ3v) is 7.82. The summed E-state index contributed by atoms with van der Waals surface area (Å²) in [5.74, 6) is -0.839. The quantitative estimate of drug-likeness (QED) is 0.639. The van der Waals surface area contributed by atoms with E-state index in [-0.39, 0.29) is 22.0 Å². The Labute approximate surface area is 187 Å². The molecule has 9 heteroatoms. The molecule has 0 N–H and O–H groups in total. The fourth-order valence-electron chi connectivity index (χ4n) is 4.36. The predicted octanol–water partition coefficient (Wildman–Crippen LogP) is 2.73. The van der Waals surface area contributed by atoms with Gasteiger partial charge in [0.05, 0.1) is 19.8 Å². The number of para-hydroxylation sites is 1. The molecule has 0 fully saturated rings. The Kier molecular flexibility index (Phi) is 5.04. The van der Waals surface area contributed by atoms with Crippen LogP contribution in [0.4, 0.5) is 5.69 Å². The van der Waals surface area contributed by atoms with Crippen molar-refractivity contribution < 1.29 is 27.5 Å². The van der Waals surface area contributed by atoms with Crippen LogP contribution < -0.4 is 14.4 Å². The molecular weight excluding hydrogens is 432 g/mol. The van der Waals surface area contributed by atoms with E-state index in [0.29, 0.717) is 4.31 Å². The van der Waals surface area contributed by atoms with Gasteiger partial charge >= 0.3 is 0 Å². The molecule has 0 atom stereocenters. The van der Waals surface area contributed by atoms with Crippen LogP contribution in [-0.2, 0) is 20.2 Å². The first-order valence-electron chi connectivity index (χ1n) is 9.95. The van der Waals surface area contributed by atoms with E-state index in [1.54, 1.807) is 0 Å². The molecule has 0 aliphatic carbocycles. The number of allylic oxidation sites excluding steroid dienone is 1. The fourth-order valence-corrected chi connectivity index (χ4v) is 5.89. The largest absolute Gasteiger partial charge is 0.493 e. The summed E-state index contributed by atoms with van der Waals surface area (Å²) in [6, 6.07) is 10.4. The first kappa shape index (κ1) is 21.9. The highest BCUT2D eigenvalue weighted by Gasteiger charge is 2.44. The van der Waals surface area contributed by atoms with Gasteiger partial charge in [0, 0.05) is 36.0 Å². The number of hydrogen-bond acceptors (Lipinski definition) is 7. The number of likely N-dealkylation sites (N-methyl/N-ethyl adjacent to an activating group) is 1. The van der Waals surface area contributed by atoms with E-state index in [0.717, 1.165) is 16.9 Å². The summed E-state index contributed by atoms with van der Waals surface area (Å²) in [5, 5.41) is 0. The molecule has 2 aliphatic heterocycles. The Morgan fingerprint density at radius 3 is 2.34 bits per heavy atom. The van der Waals surface area contributed by atoms with Gasteiger partial charge in [-0.05, 0) is 17.7 Å². The van der Waals surface area contributed by atoms with Gasteiger partial charge in [-0.2, -0.15) is 0 Å². The number of fused-ring (bicyclic) bond motifs is 2. The van der Waals surface area contributed by atoms with Crippen LogP contribution >= 0.6 is 0 Å². The summed E-state index contributed by atoms with van der Waals surface area (Å²) < 4.78 is 37.0. The van der Waals surface area contributed by atoms with Crippen molar-refractivity contribution >= 4 is 27.4 Å². The van der Waals surface area contributed by atoms with Crippen molar-refractivity contribution in [3.8, 4) is 11.5 Å². The van der Waals surface area contributed by atoms with E-state index in [1.165, 1.54) is 32.4 Å². The van der Waals surface area contributed by atoms with Gasteiger partial charge in [-0.1, -0.05) is 32.0 Å². The smallest absolute Gasteiger partial charge is 0.269 e. The molecule has 1 amide bonds. The molecule has 2 aromatic carbocycles. The Morgan fingerprint density at radius 1 is 1.09 bits per heavy atom. The van der Waals surface area contributed by atoms with Gasteiger partial charge in [0.1, 0.15) is 11.4 Å². The lowest BCUT2D eigenvalue weighted by molar-refractivity contribution is -0.114. The number of anilines is 1. The number of carbonyl (C=O) groups is 2. The number of rotatable bonds is 5. The van der Waals surface area contributed by atoms with Crippen molar-refractivity contribution in [2.45, 2.75) is 24.2 Å². The Bertz CT molecular complexity index is 1280. The molecule has 0 bridgehead atoms. The molecule has 2 aromatic rings. The monoisotopic (exact) mass is 456 g/mol. The lowest BCUT2D eigenvalue weighted by atomic mass is 9.83. The number of hydrogen-bond donors (Lipinski definition) is 0. The number of methoxy groups -OCH3 is 2. The Morgan fingerprint density at radius 2 is 1.72 bits per heavy atom. The van der Waals surface area contributed by atoms with Crippen LogP contribution in [0.25, 0.3) is 0 Å². The second kappa shape index (κ2) is 7.37. The van der Waals surface area contributed by atoms with Crippen molar-refractivity contribution in [3.05, 3.63) is 59.3 Å². The highest BCUT2D eigenvalue weighted by Crippen LogP contribution is 2.46. The lowest BCUT2D eigenvalue weighted by Crippen LogP contribution is -2.35. The zero-order valence-electron chi connectivity index (χ0n) is 18.5. The van der Waals surface area contributed by atoms with E-state index in [2.05, 4.69) is 0 Å². The predicted molar refractivity (Wildman–Crippen MR) is 119 cm³/mol. The van der Waals surface area contributed by atoms with Crippen LogP contribution in [0.5, 0.6) is 11.5 Å². The third-order valence-electron chi connectivity index (χ3n) is 6.05. The highest BCUT2D eigenvalue weighted by molar-refractivity contribution is 7.90. The maximum atomic E-state index is 13.0. The summed E-state index contributed by atoms with van der Waals surface area (Å²) in [6.07, 6.45) is 1.42. The molecule has 0 radical (unpaired) electrons. The maximum Gasteiger partial charge on any atom is 0.269 e. The summed E-state index contributed by atoms with van der Waals surface area (Å²) in [6.45, 7) is 3.41. The number of ether oxygens (including phenoxy) is 2. The SMILES string of the molecule is COc1cc2c(cc1OC)S(=O)(=O)N(CC(=O)/C=C1/N(C)c3ccccc3C1(C)C)C2=O. The number of sulfonamides is 1. The molecule has 0 saturated carbocycles. The van der Waals surface area contributed by atoms with E-state index >= 15 is 0 Å². The van der Waals surface area contributed by atoms with Gasteiger partial charge in [0.15, 0.2) is 17.3 Å². The second-order valence-corrected chi connectivity index (χ2v) is 10.0. The van der Waals surface area contributed by atoms with E-state index in [9.17, 15) is 18.0 Å². The maximum absolute atomic E-state index is 13.0. The third kappa shape index (κ3) is 3.07. The lowest BCUT2D eigenvalue weighted by Gasteiger charge is -2.24. The molecule has 2 heterocycles. The molecule has 2 aliphatic rings. The van der Waals surface area contributed by atoms with Crippen molar-refractivity contribution in [2.24, 2.45) is 0 Å². The van der Waals surface area contributed by atoms with Crippen molar-refractivity contribution in [3.63, 3.8) is 0 Å². The van der Waals surface area contributed by atoms with Gasteiger partial charge < -0.3 is 14.4 Å². The molecular formula is C23H24N2O6S. The van der Waals surface area contributed by atoms with Crippen LogP contribution in [0.15, 0.2) is 53.1 Å². The van der Waals surface area contributed by atoms with Crippen LogP contribution in [0.1, 0.15) is 29.8 Å². The molecule has 0 spiro atoms. The zero-order valence-corrected chi connectivity index (χ0v) is 19.3. The summed E-state index contributed by atoms with van der Waals surface area (Å²) >= 11 is 0. The first-order valence-corrected chi connectivity index (χ1v) is 11.4. The molecule has 0 saturated heterocycles. The van der Waals surface area contributed by atoms with E-state index < -0.39 is 33.7 Å². The molecule has 168 valence electrons. The number of nitrogens with zero attached hydrogens (tertiary/aromatic N) is 2.